The maximum atomic E-state index is 12.2. The lowest BCUT2D eigenvalue weighted by molar-refractivity contribution is 0.129. The fourth-order valence-corrected chi connectivity index (χ4v) is 3.85. The number of hydrogen-bond donors (Lipinski definition) is 2. The number of nitrogens with zero attached hydrogens (tertiary/aromatic N) is 1. The summed E-state index contributed by atoms with van der Waals surface area (Å²) < 4.78 is 33.9. The van der Waals surface area contributed by atoms with Gasteiger partial charge >= 0.3 is 0 Å². The molecule has 1 unspecified atom stereocenters. The Hall–Kier alpha value is -0.210. The first kappa shape index (κ1) is 15.2. The Morgan fingerprint density at radius 2 is 2.05 bits per heavy atom. The van der Waals surface area contributed by atoms with Gasteiger partial charge in [0.1, 0.15) is 0 Å². The number of ether oxygens (including phenoxy) is 1. The van der Waals surface area contributed by atoms with Crippen LogP contribution in [0.4, 0.5) is 0 Å². The van der Waals surface area contributed by atoms with E-state index in [1.807, 2.05) is 0 Å². The van der Waals surface area contributed by atoms with Crippen molar-refractivity contribution in [2.24, 2.45) is 11.7 Å². The van der Waals surface area contributed by atoms with Crippen molar-refractivity contribution in [1.82, 2.24) is 9.03 Å². The van der Waals surface area contributed by atoms with E-state index in [-0.39, 0.29) is 6.04 Å². The summed E-state index contributed by atoms with van der Waals surface area (Å²) in [6.07, 6.45) is 5.32. The number of piperidine rings is 1. The quantitative estimate of drug-likeness (QED) is 0.619. The smallest absolute Gasteiger partial charge is 0.279 e. The van der Waals surface area contributed by atoms with Gasteiger partial charge < -0.3 is 10.5 Å². The second kappa shape index (κ2) is 6.99. The molecule has 0 aromatic rings. The summed E-state index contributed by atoms with van der Waals surface area (Å²) in [7, 11) is -3.41. The third-order valence-electron chi connectivity index (χ3n) is 3.74. The van der Waals surface area contributed by atoms with Gasteiger partial charge in [0.05, 0.1) is 6.61 Å². The minimum Gasteiger partial charge on any atom is -0.380 e. The van der Waals surface area contributed by atoms with Crippen LogP contribution in [0.5, 0.6) is 0 Å². The van der Waals surface area contributed by atoms with Crippen LogP contribution in [0, 0.1) is 5.92 Å². The SMILES string of the molecule is NCC1CCCCN1S(=O)(=O)NCCOCC1CC1. The van der Waals surface area contributed by atoms with E-state index in [1.54, 1.807) is 0 Å². The lowest BCUT2D eigenvalue weighted by Crippen LogP contribution is -2.52. The Bertz CT molecular complexity index is 370. The van der Waals surface area contributed by atoms with Gasteiger partial charge in [-0.3, -0.25) is 0 Å². The van der Waals surface area contributed by atoms with Crippen LogP contribution in [-0.2, 0) is 14.9 Å². The van der Waals surface area contributed by atoms with Gasteiger partial charge in [-0.2, -0.15) is 17.4 Å². The first-order chi connectivity index (χ1) is 9.13. The largest absolute Gasteiger partial charge is 0.380 e. The molecule has 19 heavy (non-hydrogen) atoms. The summed E-state index contributed by atoms with van der Waals surface area (Å²) in [6.45, 7) is 2.50. The summed E-state index contributed by atoms with van der Waals surface area (Å²) in [4.78, 5) is 0. The van der Waals surface area contributed by atoms with Gasteiger partial charge in [0.25, 0.3) is 10.2 Å². The first-order valence-electron chi connectivity index (χ1n) is 7.17. The molecule has 7 heteroatoms. The van der Waals surface area contributed by atoms with Crippen LogP contribution in [-0.4, -0.2) is 51.6 Å². The standard InChI is InChI=1S/C12H25N3O3S/c13-9-12-3-1-2-7-15(12)19(16,17)14-6-8-18-10-11-4-5-11/h11-12,14H,1-10,13H2. The molecule has 1 heterocycles. The molecule has 3 N–H and O–H groups in total. The van der Waals surface area contributed by atoms with Crippen LogP contribution in [0.3, 0.4) is 0 Å². The topological polar surface area (TPSA) is 84.7 Å². The zero-order valence-electron chi connectivity index (χ0n) is 11.4. The molecule has 1 aliphatic heterocycles. The van der Waals surface area contributed by atoms with E-state index in [9.17, 15) is 8.42 Å². The number of nitrogens with two attached hydrogens (primary N) is 1. The molecular weight excluding hydrogens is 266 g/mol. The Kier molecular flexibility index (Phi) is 5.58. The van der Waals surface area contributed by atoms with Crippen molar-refractivity contribution in [2.75, 3.05) is 32.8 Å². The molecule has 6 nitrogen and oxygen atoms in total. The van der Waals surface area contributed by atoms with Crippen LogP contribution in [0.1, 0.15) is 32.1 Å². The second-order valence-electron chi connectivity index (χ2n) is 5.41. The van der Waals surface area contributed by atoms with Crippen LogP contribution in [0.2, 0.25) is 0 Å². The van der Waals surface area contributed by atoms with E-state index in [0.29, 0.717) is 32.2 Å². The van der Waals surface area contributed by atoms with Crippen molar-refractivity contribution >= 4 is 10.2 Å². The van der Waals surface area contributed by atoms with Crippen molar-refractivity contribution < 1.29 is 13.2 Å². The highest BCUT2D eigenvalue weighted by atomic mass is 32.2. The highest BCUT2D eigenvalue weighted by molar-refractivity contribution is 7.87. The summed E-state index contributed by atoms with van der Waals surface area (Å²) in [5.74, 6) is 0.709. The van der Waals surface area contributed by atoms with Gasteiger partial charge in [-0.05, 0) is 31.6 Å². The fourth-order valence-electron chi connectivity index (χ4n) is 2.39. The zero-order valence-corrected chi connectivity index (χ0v) is 12.2. The molecule has 2 rings (SSSR count). The predicted molar refractivity (Wildman–Crippen MR) is 73.9 cm³/mol. The van der Waals surface area contributed by atoms with Gasteiger partial charge in [-0.25, -0.2) is 0 Å². The Morgan fingerprint density at radius 1 is 1.26 bits per heavy atom. The van der Waals surface area contributed by atoms with Gasteiger partial charge in [0.15, 0.2) is 0 Å². The van der Waals surface area contributed by atoms with E-state index >= 15 is 0 Å². The Balaban J connectivity index is 1.72. The third-order valence-corrected chi connectivity index (χ3v) is 5.40. The van der Waals surface area contributed by atoms with Crippen molar-refractivity contribution in [2.45, 2.75) is 38.1 Å². The monoisotopic (exact) mass is 291 g/mol. The second-order valence-corrected chi connectivity index (χ2v) is 7.12. The van der Waals surface area contributed by atoms with Crippen LogP contribution in [0.15, 0.2) is 0 Å². The summed E-state index contributed by atoms with van der Waals surface area (Å²) in [6, 6.07) is -0.0568. The average Bonchev–Trinajstić information content (AvgIpc) is 3.22. The van der Waals surface area contributed by atoms with E-state index in [0.717, 1.165) is 25.9 Å². The third kappa shape index (κ3) is 4.68. The summed E-state index contributed by atoms with van der Waals surface area (Å²) >= 11 is 0. The van der Waals surface area contributed by atoms with E-state index < -0.39 is 10.2 Å². The molecule has 1 saturated carbocycles. The van der Waals surface area contributed by atoms with E-state index in [1.165, 1.54) is 17.1 Å². The molecule has 112 valence electrons. The van der Waals surface area contributed by atoms with E-state index in [2.05, 4.69) is 4.72 Å². The molecule has 0 aromatic heterocycles. The van der Waals surface area contributed by atoms with E-state index in [4.69, 9.17) is 10.5 Å². The van der Waals surface area contributed by atoms with Gasteiger partial charge in [0.2, 0.25) is 0 Å². The Morgan fingerprint density at radius 3 is 2.74 bits per heavy atom. The number of rotatable bonds is 8. The molecule has 0 spiro atoms. The lowest BCUT2D eigenvalue weighted by Gasteiger charge is -2.33. The minimum absolute atomic E-state index is 0.0568. The summed E-state index contributed by atoms with van der Waals surface area (Å²) in [5, 5.41) is 0. The van der Waals surface area contributed by atoms with Crippen LogP contribution < -0.4 is 10.5 Å². The van der Waals surface area contributed by atoms with Crippen molar-refractivity contribution in [3.8, 4) is 0 Å². The van der Waals surface area contributed by atoms with Crippen LogP contribution in [0.25, 0.3) is 0 Å². The number of hydrogen-bond acceptors (Lipinski definition) is 4. The fraction of sp³-hybridized carbons (Fsp3) is 1.00. The van der Waals surface area contributed by atoms with Crippen molar-refractivity contribution in [3.05, 3.63) is 0 Å². The van der Waals surface area contributed by atoms with Gasteiger partial charge in [-0.15, -0.1) is 0 Å². The minimum atomic E-state index is -3.41. The summed E-state index contributed by atoms with van der Waals surface area (Å²) in [5.41, 5.74) is 5.65. The van der Waals surface area contributed by atoms with Crippen molar-refractivity contribution in [3.63, 3.8) is 0 Å². The molecule has 0 aromatic carbocycles. The average molecular weight is 291 g/mol. The molecule has 0 bridgehead atoms. The van der Waals surface area contributed by atoms with Crippen molar-refractivity contribution in [1.29, 1.82) is 0 Å². The molecule has 0 radical (unpaired) electrons. The Labute approximate surface area is 115 Å². The molecule has 1 aliphatic carbocycles. The highest BCUT2D eigenvalue weighted by Gasteiger charge is 2.30. The van der Waals surface area contributed by atoms with Crippen LogP contribution >= 0.6 is 0 Å². The molecule has 2 aliphatic rings. The molecule has 1 saturated heterocycles. The molecule has 0 amide bonds. The normalized spacial score (nSPS) is 25.6. The lowest BCUT2D eigenvalue weighted by atomic mass is 10.1. The van der Waals surface area contributed by atoms with Gasteiger partial charge in [0, 0.05) is 32.3 Å². The molecule has 2 fully saturated rings. The maximum Gasteiger partial charge on any atom is 0.279 e. The zero-order chi connectivity index (χ0) is 13.7. The molecular formula is C12H25N3O3S. The first-order valence-corrected chi connectivity index (χ1v) is 8.61. The highest BCUT2D eigenvalue weighted by Crippen LogP contribution is 2.28. The predicted octanol–water partition coefficient (Wildman–Crippen LogP) is 0.0606. The number of nitrogens with one attached hydrogen (secondary N) is 1. The maximum absolute atomic E-state index is 12.2. The van der Waals surface area contributed by atoms with Gasteiger partial charge in [-0.1, -0.05) is 6.42 Å². The molecule has 1 atom stereocenters.